The highest BCUT2D eigenvalue weighted by molar-refractivity contribution is 6.06. The summed E-state index contributed by atoms with van der Waals surface area (Å²) in [5, 5.41) is 13.9. The topological polar surface area (TPSA) is 76.8 Å². The highest BCUT2D eigenvalue weighted by atomic mass is 19.1. The number of carbonyl (C=O) groups is 1. The average Bonchev–Trinajstić information content (AvgIpc) is 3.05. The van der Waals surface area contributed by atoms with Crippen molar-refractivity contribution >= 4 is 23.1 Å². The predicted molar refractivity (Wildman–Crippen MR) is 84.1 cm³/mol. The molecule has 2 N–H and O–H groups in total. The third kappa shape index (κ3) is 3.37. The second kappa shape index (κ2) is 5.91. The third-order valence-electron chi connectivity index (χ3n) is 3.10. The van der Waals surface area contributed by atoms with Gasteiger partial charge in [-0.3, -0.25) is 14.2 Å². The van der Waals surface area contributed by atoms with E-state index in [1.165, 1.54) is 16.8 Å². The summed E-state index contributed by atoms with van der Waals surface area (Å²) >= 11 is 0. The molecule has 0 saturated heterocycles. The van der Waals surface area contributed by atoms with Crippen molar-refractivity contribution in [2.45, 2.75) is 0 Å². The fraction of sp³-hybridized carbons (Fsp3) is 0.133. The zero-order valence-corrected chi connectivity index (χ0v) is 12.6. The first-order valence-electron chi connectivity index (χ1n) is 6.88. The molecule has 0 aliphatic rings. The van der Waals surface area contributed by atoms with Crippen LogP contribution in [-0.4, -0.2) is 25.5 Å². The molecule has 0 radical (unpaired) electrons. The van der Waals surface area contributed by atoms with Crippen molar-refractivity contribution in [2.24, 2.45) is 14.1 Å². The second-order valence-corrected chi connectivity index (χ2v) is 5.03. The van der Waals surface area contributed by atoms with Crippen LogP contribution >= 0.6 is 0 Å². The van der Waals surface area contributed by atoms with Gasteiger partial charge >= 0.3 is 0 Å². The van der Waals surface area contributed by atoms with Crippen LogP contribution in [0.4, 0.5) is 21.6 Å². The molecule has 0 spiro atoms. The van der Waals surface area contributed by atoms with Crippen molar-refractivity contribution in [3.05, 3.63) is 54.2 Å². The summed E-state index contributed by atoms with van der Waals surface area (Å²) < 4.78 is 16.4. The molecule has 23 heavy (non-hydrogen) atoms. The maximum Gasteiger partial charge on any atom is 0.279 e. The van der Waals surface area contributed by atoms with E-state index in [-0.39, 0.29) is 11.5 Å². The van der Waals surface area contributed by atoms with Gasteiger partial charge in [0.15, 0.2) is 11.5 Å². The summed E-state index contributed by atoms with van der Waals surface area (Å²) in [6, 6.07) is 7.66. The van der Waals surface area contributed by atoms with Crippen molar-refractivity contribution in [3.63, 3.8) is 0 Å². The lowest BCUT2D eigenvalue weighted by molar-refractivity contribution is 0.102. The van der Waals surface area contributed by atoms with Gasteiger partial charge in [-0.25, -0.2) is 4.39 Å². The summed E-state index contributed by atoms with van der Waals surface area (Å²) in [7, 11) is 3.46. The van der Waals surface area contributed by atoms with Gasteiger partial charge in [0.2, 0.25) is 0 Å². The Bertz CT molecular complexity index is 853. The van der Waals surface area contributed by atoms with Crippen molar-refractivity contribution in [2.75, 3.05) is 10.6 Å². The van der Waals surface area contributed by atoms with Crippen molar-refractivity contribution in [3.8, 4) is 0 Å². The molecule has 1 aromatic carbocycles. The molecule has 0 aliphatic heterocycles. The molecular formula is C15H15FN6O. The van der Waals surface area contributed by atoms with Gasteiger partial charge in [-0.2, -0.15) is 10.2 Å². The van der Waals surface area contributed by atoms with E-state index >= 15 is 0 Å². The second-order valence-electron chi connectivity index (χ2n) is 5.03. The predicted octanol–water partition coefficient (Wildman–Crippen LogP) is 2.29. The molecule has 2 aromatic heterocycles. The lowest BCUT2D eigenvalue weighted by Gasteiger charge is -2.06. The van der Waals surface area contributed by atoms with Gasteiger partial charge in [-0.05, 0) is 18.2 Å². The molecule has 0 unspecified atom stereocenters. The number of halogens is 1. The number of benzene rings is 1. The fourth-order valence-corrected chi connectivity index (χ4v) is 2.13. The number of rotatable bonds is 4. The number of hydrogen-bond donors (Lipinski definition) is 2. The number of hydrogen-bond acceptors (Lipinski definition) is 4. The van der Waals surface area contributed by atoms with E-state index in [1.54, 1.807) is 49.4 Å². The molecule has 3 aromatic rings. The Labute approximate surface area is 131 Å². The van der Waals surface area contributed by atoms with E-state index in [4.69, 9.17) is 0 Å². The van der Waals surface area contributed by atoms with Gasteiger partial charge in [0.05, 0.1) is 5.69 Å². The monoisotopic (exact) mass is 314 g/mol. The summed E-state index contributed by atoms with van der Waals surface area (Å²) in [5.74, 6) is -0.332. The van der Waals surface area contributed by atoms with E-state index in [0.29, 0.717) is 17.2 Å². The fourth-order valence-electron chi connectivity index (χ4n) is 2.13. The van der Waals surface area contributed by atoms with Crippen molar-refractivity contribution < 1.29 is 9.18 Å². The molecule has 1 amide bonds. The minimum Gasteiger partial charge on any atom is -0.352 e. The van der Waals surface area contributed by atoms with Gasteiger partial charge < -0.3 is 10.6 Å². The number of nitrogens with zero attached hydrogens (tertiary/aromatic N) is 4. The molecule has 0 aliphatic carbocycles. The Morgan fingerprint density at radius 1 is 1.17 bits per heavy atom. The van der Waals surface area contributed by atoms with Crippen molar-refractivity contribution in [1.82, 2.24) is 19.6 Å². The number of amides is 1. The van der Waals surface area contributed by atoms with Crippen LogP contribution in [-0.2, 0) is 14.1 Å². The Morgan fingerprint density at radius 2 is 2.00 bits per heavy atom. The first-order chi connectivity index (χ1) is 11.0. The smallest absolute Gasteiger partial charge is 0.279 e. The summed E-state index contributed by atoms with van der Waals surface area (Å²) in [6.45, 7) is 0. The first kappa shape index (κ1) is 14.8. The molecule has 0 saturated carbocycles. The molecule has 118 valence electrons. The van der Waals surface area contributed by atoms with E-state index < -0.39 is 5.91 Å². The molecule has 0 bridgehead atoms. The lowest BCUT2D eigenvalue weighted by atomic mass is 10.2. The number of carbonyl (C=O) groups excluding carboxylic acids is 1. The molecule has 0 fully saturated rings. The standard InChI is InChI=1S/C15H15FN6O/c1-21-7-6-13(19-21)18-15(23)14-12(9-22(2)20-14)17-11-5-3-4-10(16)8-11/h3-9,17H,1-2H3,(H,18,19,23). The van der Waals surface area contributed by atoms with Crippen LogP contribution in [0.1, 0.15) is 10.5 Å². The largest absolute Gasteiger partial charge is 0.352 e. The maximum absolute atomic E-state index is 13.3. The summed E-state index contributed by atoms with van der Waals surface area (Å²) in [6.07, 6.45) is 3.37. The molecule has 0 atom stereocenters. The molecule has 2 heterocycles. The van der Waals surface area contributed by atoms with Crippen LogP contribution < -0.4 is 10.6 Å². The number of aromatic nitrogens is 4. The van der Waals surface area contributed by atoms with Crippen LogP contribution in [0.25, 0.3) is 0 Å². The van der Waals surface area contributed by atoms with Gasteiger partial charge in [0, 0.05) is 38.2 Å². The Morgan fingerprint density at radius 3 is 2.70 bits per heavy atom. The SMILES string of the molecule is Cn1ccc(NC(=O)c2nn(C)cc2Nc2cccc(F)c2)n1. The van der Waals surface area contributed by atoms with Gasteiger partial charge in [-0.15, -0.1) is 0 Å². The Hall–Kier alpha value is -3.16. The highest BCUT2D eigenvalue weighted by Crippen LogP contribution is 2.21. The van der Waals surface area contributed by atoms with E-state index in [1.807, 2.05) is 0 Å². The quantitative estimate of drug-likeness (QED) is 0.774. The Balaban J connectivity index is 1.83. The minimum absolute atomic E-state index is 0.197. The van der Waals surface area contributed by atoms with E-state index in [2.05, 4.69) is 20.8 Å². The lowest BCUT2D eigenvalue weighted by Crippen LogP contribution is -2.15. The van der Waals surface area contributed by atoms with Crippen molar-refractivity contribution in [1.29, 1.82) is 0 Å². The average molecular weight is 314 g/mol. The van der Waals surface area contributed by atoms with E-state index in [9.17, 15) is 9.18 Å². The zero-order valence-electron chi connectivity index (χ0n) is 12.6. The van der Waals surface area contributed by atoms with Crippen LogP contribution in [0.15, 0.2) is 42.7 Å². The summed E-state index contributed by atoms with van der Waals surface area (Å²) in [4.78, 5) is 12.4. The number of anilines is 3. The summed E-state index contributed by atoms with van der Waals surface area (Å²) in [5.41, 5.74) is 1.21. The third-order valence-corrected chi connectivity index (χ3v) is 3.10. The van der Waals surface area contributed by atoms with Crippen LogP contribution in [0.3, 0.4) is 0 Å². The van der Waals surface area contributed by atoms with Gasteiger partial charge in [0.1, 0.15) is 5.82 Å². The van der Waals surface area contributed by atoms with Crippen LogP contribution in [0.2, 0.25) is 0 Å². The minimum atomic E-state index is -0.400. The molecular weight excluding hydrogens is 299 g/mol. The molecule has 7 nitrogen and oxygen atoms in total. The first-order valence-corrected chi connectivity index (χ1v) is 6.88. The zero-order chi connectivity index (χ0) is 16.4. The van der Waals surface area contributed by atoms with Gasteiger partial charge in [0.25, 0.3) is 5.91 Å². The highest BCUT2D eigenvalue weighted by Gasteiger charge is 2.17. The number of aryl methyl sites for hydroxylation is 2. The number of nitrogens with one attached hydrogen (secondary N) is 2. The van der Waals surface area contributed by atoms with Crippen LogP contribution in [0.5, 0.6) is 0 Å². The van der Waals surface area contributed by atoms with Gasteiger partial charge in [-0.1, -0.05) is 6.07 Å². The normalized spacial score (nSPS) is 10.6. The van der Waals surface area contributed by atoms with Crippen LogP contribution in [0, 0.1) is 5.82 Å². The molecule has 3 rings (SSSR count). The Kier molecular flexibility index (Phi) is 3.80. The maximum atomic E-state index is 13.3. The molecule has 8 heteroatoms. The van der Waals surface area contributed by atoms with E-state index in [0.717, 1.165) is 0 Å².